The van der Waals surface area contributed by atoms with Crippen LogP contribution in [0.5, 0.6) is 0 Å². The summed E-state index contributed by atoms with van der Waals surface area (Å²) in [7, 11) is 0. The predicted octanol–water partition coefficient (Wildman–Crippen LogP) is 2.07. The molecule has 0 aromatic rings. The molecule has 1 aliphatic carbocycles. The van der Waals surface area contributed by atoms with Gasteiger partial charge in [-0.15, -0.1) is 0 Å². The van der Waals surface area contributed by atoms with E-state index in [1.54, 1.807) is 0 Å². The van der Waals surface area contributed by atoms with E-state index in [-0.39, 0.29) is 0 Å². The van der Waals surface area contributed by atoms with Crippen LogP contribution in [0.3, 0.4) is 0 Å². The van der Waals surface area contributed by atoms with E-state index in [9.17, 15) is 0 Å². The summed E-state index contributed by atoms with van der Waals surface area (Å²) in [5.74, 6) is 3.16. The zero-order chi connectivity index (χ0) is 11.4. The molecule has 0 aromatic carbocycles. The third-order valence-electron chi connectivity index (χ3n) is 3.55. The maximum absolute atomic E-state index is 6.14. The molecular formula is C12H23N3S. The van der Waals surface area contributed by atoms with E-state index in [4.69, 9.17) is 10.7 Å². The van der Waals surface area contributed by atoms with E-state index in [1.807, 2.05) is 11.8 Å². The van der Waals surface area contributed by atoms with E-state index < -0.39 is 0 Å². The molecule has 1 atom stereocenters. The topological polar surface area (TPSA) is 41.6 Å². The molecule has 3 nitrogen and oxygen atoms in total. The number of aliphatic imine (C=N–C) groups is 1. The van der Waals surface area contributed by atoms with Crippen LogP contribution in [0.4, 0.5) is 0 Å². The van der Waals surface area contributed by atoms with Crippen LogP contribution in [-0.2, 0) is 0 Å². The lowest BCUT2D eigenvalue weighted by Crippen LogP contribution is -2.48. The Balaban J connectivity index is 1.93. The zero-order valence-corrected chi connectivity index (χ0v) is 11.0. The summed E-state index contributed by atoms with van der Waals surface area (Å²) >= 11 is 2.02. The van der Waals surface area contributed by atoms with Gasteiger partial charge in [0.2, 0.25) is 0 Å². The van der Waals surface area contributed by atoms with Crippen molar-refractivity contribution in [3.8, 4) is 0 Å². The molecule has 1 saturated carbocycles. The van der Waals surface area contributed by atoms with Crippen molar-refractivity contribution < 1.29 is 0 Å². The largest absolute Gasteiger partial charge is 0.370 e. The summed E-state index contributed by atoms with van der Waals surface area (Å²) < 4.78 is 0. The second-order valence-electron chi connectivity index (χ2n) is 4.90. The van der Waals surface area contributed by atoms with E-state index in [1.165, 1.54) is 43.6 Å². The molecule has 0 bridgehead atoms. The molecular weight excluding hydrogens is 218 g/mol. The van der Waals surface area contributed by atoms with Gasteiger partial charge in [-0.3, -0.25) is 0 Å². The average Bonchev–Trinajstić information content (AvgIpc) is 2.31. The predicted molar refractivity (Wildman–Crippen MR) is 72.0 cm³/mol. The van der Waals surface area contributed by atoms with Crippen LogP contribution in [-0.4, -0.2) is 41.0 Å². The third kappa shape index (κ3) is 3.06. The molecule has 1 saturated heterocycles. The first kappa shape index (κ1) is 12.1. The molecule has 2 rings (SSSR count). The highest BCUT2D eigenvalue weighted by atomic mass is 32.2. The van der Waals surface area contributed by atoms with Gasteiger partial charge in [0.1, 0.15) is 0 Å². The molecule has 0 amide bonds. The van der Waals surface area contributed by atoms with Gasteiger partial charge in [0.15, 0.2) is 5.96 Å². The average molecular weight is 241 g/mol. The van der Waals surface area contributed by atoms with E-state index in [0.29, 0.717) is 12.1 Å². The van der Waals surface area contributed by atoms with Crippen molar-refractivity contribution in [2.75, 3.05) is 18.1 Å². The molecule has 1 aliphatic heterocycles. The maximum atomic E-state index is 6.14. The fraction of sp³-hybridized carbons (Fsp3) is 0.917. The normalized spacial score (nSPS) is 29.4. The first-order valence-corrected chi connectivity index (χ1v) is 7.60. The molecule has 0 radical (unpaired) electrons. The van der Waals surface area contributed by atoms with Crippen LogP contribution in [0.1, 0.15) is 39.0 Å². The van der Waals surface area contributed by atoms with Crippen molar-refractivity contribution in [2.45, 2.75) is 51.1 Å². The van der Waals surface area contributed by atoms with Crippen LogP contribution in [0, 0.1) is 0 Å². The van der Waals surface area contributed by atoms with Crippen molar-refractivity contribution in [1.82, 2.24) is 4.90 Å². The van der Waals surface area contributed by atoms with Crippen molar-refractivity contribution in [2.24, 2.45) is 10.7 Å². The van der Waals surface area contributed by atoms with Gasteiger partial charge in [-0.1, -0.05) is 19.3 Å². The Labute approximate surface area is 103 Å². The van der Waals surface area contributed by atoms with Crippen molar-refractivity contribution in [3.05, 3.63) is 0 Å². The van der Waals surface area contributed by atoms with E-state index >= 15 is 0 Å². The number of thioether (sulfide) groups is 1. The van der Waals surface area contributed by atoms with Crippen LogP contribution >= 0.6 is 11.8 Å². The number of guanidine groups is 1. The molecule has 2 aliphatic rings. The highest BCUT2D eigenvalue weighted by molar-refractivity contribution is 7.99. The fourth-order valence-electron chi connectivity index (χ4n) is 2.54. The molecule has 4 heteroatoms. The van der Waals surface area contributed by atoms with Crippen molar-refractivity contribution in [3.63, 3.8) is 0 Å². The number of hydrogen-bond donors (Lipinski definition) is 1. The first-order valence-electron chi connectivity index (χ1n) is 6.45. The second-order valence-corrected chi connectivity index (χ2v) is 6.05. The summed E-state index contributed by atoms with van der Waals surface area (Å²) in [6.07, 6.45) is 6.50. The van der Waals surface area contributed by atoms with Gasteiger partial charge in [0.25, 0.3) is 0 Å². The Morgan fingerprint density at radius 3 is 2.75 bits per heavy atom. The first-order chi connectivity index (χ1) is 7.77. The third-order valence-corrected chi connectivity index (χ3v) is 4.74. The van der Waals surface area contributed by atoms with Crippen LogP contribution in [0.15, 0.2) is 4.99 Å². The minimum Gasteiger partial charge on any atom is -0.370 e. The number of rotatable bonds is 1. The van der Waals surface area contributed by atoms with Crippen LogP contribution in [0.25, 0.3) is 0 Å². The highest BCUT2D eigenvalue weighted by Gasteiger charge is 2.21. The summed E-state index contributed by atoms with van der Waals surface area (Å²) in [6, 6.07) is 1.04. The SMILES string of the molecule is CC1CSCCN1C(N)=NC1CCCCC1. The molecule has 1 heterocycles. The smallest absolute Gasteiger partial charge is 0.191 e. The quantitative estimate of drug-likeness (QED) is 0.564. The zero-order valence-electron chi connectivity index (χ0n) is 10.2. The van der Waals surface area contributed by atoms with Crippen LogP contribution in [0.2, 0.25) is 0 Å². The Morgan fingerprint density at radius 2 is 2.06 bits per heavy atom. The lowest BCUT2D eigenvalue weighted by atomic mass is 9.96. The minimum atomic E-state index is 0.496. The molecule has 0 spiro atoms. The molecule has 0 aromatic heterocycles. The van der Waals surface area contributed by atoms with Crippen molar-refractivity contribution >= 4 is 17.7 Å². The van der Waals surface area contributed by atoms with Gasteiger partial charge >= 0.3 is 0 Å². The van der Waals surface area contributed by atoms with Gasteiger partial charge in [-0.2, -0.15) is 11.8 Å². The fourth-order valence-corrected chi connectivity index (χ4v) is 3.55. The van der Waals surface area contributed by atoms with E-state index in [2.05, 4.69) is 11.8 Å². The summed E-state index contributed by atoms with van der Waals surface area (Å²) in [5.41, 5.74) is 6.14. The lowest BCUT2D eigenvalue weighted by Gasteiger charge is -2.34. The molecule has 2 fully saturated rings. The van der Waals surface area contributed by atoms with Gasteiger partial charge in [0.05, 0.1) is 6.04 Å². The standard InChI is InChI=1S/C12H23N3S/c1-10-9-16-8-7-15(10)12(13)14-11-5-3-2-4-6-11/h10-11H,2-9H2,1H3,(H2,13,14). The summed E-state index contributed by atoms with van der Waals surface area (Å²) in [5, 5.41) is 0. The minimum absolute atomic E-state index is 0.496. The summed E-state index contributed by atoms with van der Waals surface area (Å²) in [6.45, 7) is 3.31. The highest BCUT2D eigenvalue weighted by Crippen LogP contribution is 2.21. The molecule has 16 heavy (non-hydrogen) atoms. The van der Waals surface area contributed by atoms with E-state index in [0.717, 1.165) is 12.5 Å². The lowest BCUT2D eigenvalue weighted by molar-refractivity contribution is 0.353. The van der Waals surface area contributed by atoms with Crippen molar-refractivity contribution in [1.29, 1.82) is 0 Å². The van der Waals surface area contributed by atoms with Gasteiger partial charge in [-0.05, 0) is 19.8 Å². The van der Waals surface area contributed by atoms with Gasteiger partial charge in [-0.25, -0.2) is 4.99 Å². The Bertz CT molecular complexity index is 249. The van der Waals surface area contributed by atoms with Crippen LogP contribution < -0.4 is 5.73 Å². The number of nitrogens with two attached hydrogens (primary N) is 1. The monoisotopic (exact) mass is 241 g/mol. The Kier molecular flexibility index (Phi) is 4.38. The number of hydrogen-bond acceptors (Lipinski definition) is 2. The second kappa shape index (κ2) is 5.80. The molecule has 1 unspecified atom stereocenters. The van der Waals surface area contributed by atoms with Gasteiger partial charge < -0.3 is 10.6 Å². The summed E-state index contributed by atoms with van der Waals surface area (Å²) in [4.78, 5) is 7.00. The van der Waals surface area contributed by atoms with Gasteiger partial charge in [0, 0.05) is 24.1 Å². The Hall–Kier alpha value is -0.380. The molecule has 2 N–H and O–H groups in total. The Morgan fingerprint density at radius 1 is 1.31 bits per heavy atom. The molecule has 92 valence electrons. The maximum Gasteiger partial charge on any atom is 0.191 e. The number of nitrogens with zero attached hydrogens (tertiary/aromatic N) is 2.